The lowest BCUT2D eigenvalue weighted by molar-refractivity contribution is -0.125. The predicted molar refractivity (Wildman–Crippen MR) is 107 cm³/mol. The van der Waals surface area contributed by atoms with Crippen LogP contribution in [0.1, 0.15) is 21.6 Å². The molecule has 0 radical (unpaired) electrons. The number of rotatable bonds is 3. The third-order valence-corrected chi connectivity index (χ3v) is 5.53. The number of aromatic amines is 1. The monoisotopic (exact) mass is 418 g/mol. The number of hydrogen-bond donors (Lipinski definition) is 2. The van der Waals surface area contributed by atoms with E-state index in [1.54, 1.807) is 30.3 Å². The number of benzene rings is 2. The van der Waals surface area contributed by atoms with E-state index in [0.717, 1.165) is 0 Å². The number of imide groups is 1. The summed E-state index contributed by atoms with van der Waals surface area (Å²) in [7, 11) is 0. The molecule has 31 heavy (non-hydrogen) atoms. The van der Waals surface area contributed by atoms with E-state index in [1.807, 2.05) is 0 Å². The molecule has 5 rings (SSSR count). The summed E-state index contributed by atoms with van der Waals surface area (Å²) >= 11 is 0. The molecule has 154 valence electrons. The van der Waals surface area contributed by atoms with E-state index in [1.165, 1.54) is 23.2 Å². The molecule has 1 fully saturated rings. The molecular weight excluding hydrogens is 403 g/mol. The van der Waals surface area contributed by atoms with Crippen LogP contribution in [0.15, 0.2) is 59.0 Å². The van der Waals surface area contributed by atoms with Gasteiger partial charge in [0.2, 0.25) is 5.91 Å². The molecule has 2 aliphatic rings. The highest BCUT2D eigenvalue weighted by Gasteiger charge is 2.43. The number of H-pyrrole nitrogens is 1. The first kappa shape index (κ1) is 18.9. The SMILES string of the molecule is O=C1NC(=O)C2CN(C(=O)c3cc(Cc4n[nH]c(=O)c5ccccc45)ccc3F)C=C12. The second-order valence-electron chi connectivity index (χ2n) is 7.45. The van der Waals surface area contributed by atoms with Gasteiger partial charge in [0.1, 0.15) is 5.82 Å². The van der Waals surface area contributed by atoms with Gasteiger partial charge >= 0.3 is 0 Å². The number of halogens is 1. The Labute approximate surface area is 174 Å². The van der Waals surface area contributed by atoms with Crippen LogP contribution < -0.4 is 10.9 Å². The fraction of sp³-hybridized carbons (Fsp3) is 0.136. The smallest absolute Gasteiger partial charge is 0.272 e. The van der Waals surface area contributed by atoms with Crippen molar-refractivity contribution in [1.82, 2.24) is 20.4 Å². The highest BCUT2D eigenvalue weighted by Crippen LogP contribution is 2.28. The number of carbonyl (C=O) groups excluding carboxylic acids is 3. The summed E-state index contributed by atoms with van der Waals surface area (Å²) in [5.41, 5.74) is 0.936. The van der Waals surface area contributed by atoms with Gasteiger partial charge in [0.05, 0.1) is 22.6 Å². The number of fused-ring (bicyclic) bond motifs is 2. The molecule has 1 atom stereocenters. The van der Waals surface area contributed by atoms with E-state index < -0.39 is 29.5 Å². The Hall–Kier alpha value is -4.14. The van der Waals surface area contributed by atoms with E-state index >= 15 is 0 Å². The standard InChI is InChI=1S/C22H15FN4O4/c23-17-6-5-11(8-18-12-3-1-2-4-13(12)21(30)26-25-18)7-14(17)22(31)27-9-15-16(10-27)20(29)24-19(15)28/h1-7,9,16H,8,10H2,(H,26,30)(H,24,28,29). The minimum absolute atomic E-state index is 0.0124. The molecule has 0 spiro atoms. The van der Waals surface area contributed by atoms with E-state index in [9.17, 15) is 23.6 Å². The second kappa shape index (κ2) is 6.98. The molecule has 8 nitrogen and oxygen atoms in total. The number of amides is 3. The fourth-order valence-corrected chi connectivity index (χ4v) is 3.96. The lowest BCUT2D eigenvalue weighted by atomic mass is 10.0. The van der Waals surface area contributed by atoms with Crippen LogP contribution in [0, 0.1) is 11.7 Å². The van der Waals surface area contributed by atoms with Crippen molar-refractivity contribution in [2.75, 3.05) is 6.54 Å². The van der Waals surface area contributed by atoms with Crippen LogP contribution in [-0.2, 0) is 16.0 Å². The van der Waals surface area contributed by atoms with Crippen LogP contribution in [0.25, 0.3) is 10.8 Å². The predicted octanol–water partition coefficient (Wildman–Crippen LogP) is 1.27. The first-order chi connectivity index (χ1) is 14.9. The fourth-order valence-electron chi connectivity index (χ4n) is 3.96. The van der Waals surface area contributed by atoms with Gasteiger partial charge in [-0.3, -0.25) is 24.5 Å². The third-order valence-electron chi connectivity index (χ3n) is 5.53. The van der Waals surface area contributed by atoms with E-state index in [-0.39, 0.29) is 29.7 Å². The quantitative estimate of drug-likeness (QED) is 0.622. The third kappa shape index (κ3) is 3.10. The van der Waals surface area contributed by atoms with Crippen molar-refractivity contribution in [3.63, 3.8) is 0 Å². The van der Waals surface area contributed by atoms with Gasteiger partial charge in [0, 0.05) is 30.1 Å². The summed E-state index contributed by atoms with van der Waals surface area (Å²) < 4.78 is 14.5. The minimum atomic E-state index is -0.723. The van der Waals surface area contributed by atoms with Crippen LogP contribution in [0.5, 0.6) is 0 Å². The second-order valence-corrected chi connectivity index (χ2v) is 7.45. The van der Waals surface area contributed by atoms with Crippen LogP contribution in [0.4, 0.5) is 4.39 Å². The zero-order chi connectivity index (χ0) is 21.7. The van der Waals surface area contributed by atoms with Gasteiger partial charge in [0.15, 0.2) is 0 Å². The molecule has 0 aliphatic carbocycles. The maximum Gasteiger partial charge on any atom is 0.272 e. The van der Waals surface area contributed by atoms with Crippen molar-refractivity contribution in [1.29, 1.82) is 0 Å². The van der Waals surface area contributed by atoms with Gasteiger partial charge in [-0.05, 0) is 23.8 Å². The number of nitrogens with zero attached hydrogens (tertiary/aromatic N) is 2. The Balaban J connectivity index is 1.46. The Morgan fingerprint density at radius 1 is 1.13 bits per heavy atom. The lowest BCUT2D eigenvalue weighted by Crippen LogP contribution is -2.32. The number of aromatic nitrogens is 2. The van der Waals surface area contributed by atoms with Gasteiger partial charge in [-0.2, -0.15) is 5.10 Å². The van der Waals surface area contributed by atoms with Gasteiger partial charge in [-0.25, -0.2) is 9.49 Å². The topological polar surface area (TPSA) is 112 Å². The first-order valence-corrected chi connectivity index (χ1v) is 9.55. The minimum Gasteiger partial charge on any atom is -0.313 e. The zero-order valence-corrected chi connectivity index (χ0v) is 16.0. The maximum absolute atomic E-state index is 14.5. The first-order valence-electron chi connectivity index (χ1n) is 9.55. The van der Waals surface area contributed by atoms with Crippen LogP contribution >= 0.6 is 0 Å². The maximum atomic E-state index is 14.5. The van der Waals surface area contributed by atoms with Crippen molar-refractivity contribution < 1.29 is 18.8 Å². The molecule has 0 saturated carbocycles. The van der Waals surface area contributed by atoms with E-state index in [4.69, 9.17) is 0 Å². The summed E-state index contributed by atoms with van der Waals surface area (Å²) in [6.07, 6.45) is 1.57. The lowest BCUT2D eigenvalue weighted by Gasteiger charge is -2.16. The Kier molecular flexibility index (Phi) is 4.25. The molecule has 1 unspecified atom stereocenters. The number of hydrogen-bond acceptors (Lipinski definition) is 5. The van der Waals surface area contributed by atoms with Gasteiger partial charge < -0.3 is 4.90 Å². The normalized spacial score (nSPS) is 17.6. The average molecular weight is 418 g/mol. The average Bonchev–Trinajstić information content (AvgIpc) is 3.32. The number of carbonyl (C=O) groups is 3. The molecule has 2 aliphatic heterocycles. The van der Waals surface area contributed by atoms with Gasteiger partial charge in [-0.15, -0.1) is 0 Å². The van der Waals surface area contributed by atoms with Crippen molar-refractivity contribution >= 4 is 28.5 Å². The van der Waals surface area contributed by atoms with Crippen molar-refractivity contribution in [3.8, 4) is 0 Å². The molecule has 1 saturated heterocycles. The Bertz CT molecular complexity index is 1380. The molecule has 3 heterocycles. The van der Waals surface area contributed by atoms with E-state index in [2.05, 4.69) is 15.5 Å². The Morgan fingerprint density at radius 2 is 1.90 bits per heavy atom. The van der Waals surface area contributed by atoms with Crippen molar-refractivity contribution in [2.24, 2.45) is 5.92 Å². The van der Waals surface area contributed by atoms with Gasteiger partial charge in [0.25, 0.3) is 17.4 Å². The molecule has 9 heteroatoms. The molecule has 1 aromatic heterocycles. The van der Waals surface area contributed by atoms with Gasteiger partial charge in [-0.1, -0.05) is 24.3 Å². The van der Waals surface area contributed by atoms with Crippen LogP contribution in [-0.4, -0.2) is 39.4 Å². The molecular formula is C22H15FN4O4. The molecule has 2 aromatic carbocycles. The van der Waals surface area contributed by atoms with Crippen molar-refractivity contribution in [3.05, 3.63) is 87.2 Å². The summed E-state index contributed by atoms with van der Waals surface area (Å²) in [5, 5.41) is 9.92. The summed E-state index contributed by atoms with van der Waals surface area (Å²) in [4.78, 5) is 49.7. The molecule has 0 bridgehead atoms. The molecule has 3 aromatic rings. The number of nitrogens with one attached hydrogen (secondary N) is 2. The zero-order valence-electron chi connectivity index (χ0n) is 16.0. The van der Waals surface area contributed by atoms with Crippen LogP contribution in [0.2, 0.25) is 0 Å². The van der Waals surface area contributed by atoms with Crippen LogP contribution in [0.3, 0.4) is 0 Å². The Morgan fingerprint density at radius 3 is 2.68 bits per heavy atom. The highest BCUT2D eigenvalue weighted by molar-refractivity contribution is 6.16. The van der Waals surface area contributed by atoms with E-state index in [0.29, 0.717) is 22.0 Å². The summed E-state index contributed by atoms with van der Waals surface area (Å²) in [6, 6.07) is 11.2. The summed E-state index contributed by atoms with van der Waals surface area (Å²) in [5.74, 6) is -3.06. The molecule has 2 N–H and O–H groups in total. The van der Waals surface area contributed by atoms with Crippen molar-refractivity contribution in [2.45, 2.75) is 6.42 Å². The highest BCUT2D eigenvalue weighted by atomic mass is 19.1. The summed E-state index contributed by atoms with van der Waals surface area (Å²) in [6.45, 7) is -0.0124. The molecule has 3 amide bonds. The largest absolute Gasteiger partial charge is 0.313 e.